The molecule has 1 aliphatic heterocycles. The number of carbonyl (C=O) groups excluding carboxylic acids is 1. The maximum atomic E-state index is 11.9. The highest BCUT2D eigenvalue weighted by molar-refractivity contribution is 5.75. The van der Waals surface area contributed by atoms with Crippen molar-refractivity contribution in [2.24, 2.45) is 0 Å². The molecule has 0 aromatic heterocycles. The lowest BCUT2D eigenvalue weighted by Gasteiger charge is -2.24. The van der Waals surface area contributed by atoms with Crippen LogP contribution in [0.5, 0.6) is 0 Å². The Hall–Kier alpha value is -0.770. The molecule has 1 saturated heterocycles. The molecular formula is C11H20N2O2. The number of ether oxygens (including phenoxy) is 1. The molecule has 0 aromatic carbocycles. The molecular weight excluding hydrogens is 192 g/mol. The van der Waals surface area contributed by atoms with Crippen LogP contribution in [-0.4, -0.2) is 42.8 Å². The highest BCUT2D eigenvalue weighted by atomic mass is 16.5. The van der Waals surface area contributed by atoms with Gasteiger partial charge in [-0.15, -0.1) is 0 Å². The minimum absolute atomic E-state index is 0.106. The predicted octanol–water partition coefficient (Wildman–Crippen LogP) is 1.36. The first kappa shape index (κ1) is 10.7. The van der Waals surface area contributed by atoms with Gasteiger partial charge in [-0.2, -0.15) is 0 Å². The molecule has 0 aromatic rings. The highest BCUT2D eigenvalue weighted by Crippen LogP contribution is 2.27. The molecule has 4 heteroatoms. The summed E-state index contributed by atoms with van der Waals surface area (Å²) in [7, 11) is 0. The second kappa shape index (κ2) is 4.84. The Balaban J connectivity index is 1.80. The van der Waals surface area contributed by atoms with E-state index in [2.05, 4.69) is 12.2 Å². The maximum absolute atomic E-state index is 11.9. The molecule has 2 aliphatic rings. The van der Waals surface area contributed by atoms with Gasteiger partial charge in [-0.05, 0) is 25.7 Å². The Bertz CT molecular complexity index is 223. The van der Waals surface area contributed by atoms with E-state index in [1.807, 2.05) is 4.90 Å². The van der Waals surface area contributed by atoms with Crippen LogP contribution in [0.25, 0.3) is 0 Å². The van der Waals surface area contributed by atoms with E-state index < -0.39 is 0 Å². The molecule has 1 saturated carbocycles. The van der Waals surface area contributed by atoms with Crippen LogP contribution >= 0.6 is 0 Å². The molecule has 2 amide bonds. The molecule has 86 valence electrons. The third-order valence-corrected chi connectivity index (χ3v) is 2.97. The van der Waals surface area contributed by atoms with Crippen molar-refractivity contribution < 1.29 is 9.53 Å². The van der Waals surface area contributed by atoms with Crippen molar-refractivity contribution in [1.82, 2.24) is 10.2 Å². The van der Waals surface area contributed by atoms with E-state index in [4.69, 9.17) is 4.74 Å². The average molecular weight is 212 g/mol. The van der Waals surface area contributed by atoms with Gasteiger partial charge in [-0.3, -0.25) is 0 Å². The maximum Gasteiger partial charge on any atom is 0.317 e. The number of urea groups is 1. The third-order valence-electron chi connectivity index (χ3n) is 2.97. The van der Waals surface area contributed by atoms with Crippen molar-refractivity contribution in [3.63, 3.8) is 0 Å². The zero-order valence-electron chi connectivity index (χ0n) is 9.37. The van der Waals surface area contributed by atoms with Crippen LogP contribution in [0.3, 0.4) is 0 Å². The summed E-state index contributed by atoms with van der Waals surface area (Å²) in [5.74, 6) is 0. The van der Waals surface area contributed by atoms with Crippen LogP contribution in [0.1, 0.15) is 32.6 Å². The van der Waals surface area contributed by atoms with Crippen molar-refractivity contribution in [2.45, 2.75) is 44.7 Å². The molecule has 1 aliphatic carbocycles. The van der Waals surface area contributed by atoms with Gasteiger partial charge in [0, 0.05) is 19.2 Å². The van der Waals surface area contributed by atoms with Crippen molar-refractivity contribution >= 4 is 6.03 Å². The minimum Gasteiger partial charge on any atom is -0.379 e. The first-order valence-corrected chi connectivity index (χ1v) is 5.96. The molecule has 2 fully saturated rings. The largest absolute Gasteiger partial charge is 0.379 e. The molecule has 0 bridgehead atoms. The van der Waals surface area contributed by atoms with E-state index in [1.54, 1.807) is 0 Å². The molecule has 1 atom stereocenters. The fourth-order valence-corrected chi connectivity index (χ4v) is 1.98. The van der Waals surface area contributed by atoms with Crippen molar-refractivity contribution in [3.8, 4) is 0 Å². The lowest BCUT2D eigenvalue weighted by atomic mass is 10.3. The zero-order valence-corrected chi connectivity index (χ0v) is 9.37. The van der Waals surface area contributed by atoms with Crippen molar-refractivity contribution in [3.05, 3.63) is 0 Å². The Kier molecular flexibility index (Phi) is 3.46. The fraction of sp³-hybridized carbons (Fsp3) is 0.909. The van der Waals surface area contributed by atoms with Crippen molar-refractivity contribution in [2.75, 3.05) is 19.8 Å². The number of hydrogen-bond acceptors (Lipinski definition) is 2. The fourth-order valence-electron chi connectivity index (χ4n) is 1.98. The third kappa shape index (κ3) is 2.84. The number of nitrogens with zero attached hydrogens (tertiary/aromatic N) is 1. The second-order valence-corrected chi connectivity index (χ2v) is 4.43. The lowest BCUT2D eigenvalue weighted by Crippen LogP contribution is -2.46. The molecule has 1 heterocycles. The first-order valence-electron chi connectivity index (χ1n) is 5.96. The quantitative estimate of drug-likeness (QED) is 0.764. The normalized spacial score (nSPS) is 25.3. The van der Waals surface area contributed by atoms with Crippen LogP contribution in [-0.2, 0) is 4.74 Å². The molecule has 4 nitrogen and oxygen atoms in total. The summed E-state index contributed by atoms with van der Waals surface area (Å²) < 4.78 is 5.24. The van der Waals surface area contributed by atoms with E-state index >= 15 is 0 Å². The molecule has 1 unspecified atom stereocenters. The molecule has 2 rings (SSSR count). The van der Waals surface area contributed by atoms with E-state index in [0.29, 0.717) is 12.6 Å². The summed E-state index contributed by atoms with van der Waals surface area (Å²) in [6.07, 6.45) is 4.34. The van der Waals surface area contributed by atoms with Crippen LogP contribution in [0, 0.1) is 0 Å². The predicted molar refractivity (Wildman–Crippen MR) is 57.8 cm³/mol. The van der Waals surface area contributed by atoms with E-state index in [0.717, 1.165) is 26.0 Å². The summed E-state index contributed by atoms with van der Waals surface area (Å²) in [6.45, 7) is 4.45. The smallest absolute Gasteiger partial charge is 0.317 e. The average Bonchev–Trinajstić information content (AvgIpc) is 2.93. The van der Waals surface area contributed by atoms with Gasteiger partial charge in [0.25, 0.3) is 0 Å². The number of rotatable bonds is 4. The van der Waals surface area contributed by atoms with Crippen LogP contribution in [0.15, 0.2) is 0 Å². The van der Waals surface area contributed by atoms with E-state index in [1.165, 1.54) is 12.8 Å². The summed E-state index contributed by atoms with van der Waals surface area (Å²) in [5.41, 5.74) is 0. The lowest BCUT2D eigenvalue weighted by molar-refractivity contribution is 0.176. The zero-order chi connectivity index (χ0) is 10.7. The van der Waals surface area contributed by atoms with Crippen molar-refractivity contribution in [1.29, 1.82) is 0 Å². The summed E-state index contributed by atoms with van der Waals surface area (Å²) in [4.78, 5) is 13.9. The number of carbonyl (C=O) groups is 1. The molecule has 15 heavy (non-hydrogen) atoms. The van der Waals surface area contributed by atoms with Crippen LogP contribution < -0.4 is 5.32 Å². The minimum atomic E-state index is 0.106. The Morgan fingerprint density at radius 3 is 2.80 bits per heavy atom. The van der Waals surface area contributed by atoms with Crippen LogP contribution in [0.2, 0.25) is 0 Å². The van der Waals surface area contributed by atoms with Gasteiger partial charge in [0.1, 0.15) is 0 Å². The van der Waals surface area contributed by atoms with E-state index in [9.17, 15) is 4.79 Å². The van der Waals surface area contributed by atoms with Gasteiger partial charge in [0.15, 0.2) is 0 Å². The standard InChI is InChI=1S/C11H20N2O2/c1-2-6-13(10-3-4-10)11(14)12-9-5-7-15-8-9/h9-10H,2-8H2,1H3,(H,12,14). The molecule has 0 spiro atoms. The Morgan fingerprint density at radius 1 is 1.47 bits per heavy atom. The number of nitrogens with one attached hydrogen (secondary N) is 1. The summed E-state index contributed by atoms with van der Waals surface area (Å²) >= 11 is 0. The molecule has 0 radical (unpaired) electrons. The highest BCUT2D eigenvalue weighted by Gasteiger charge is 2.33. The Labute approximate surface area is 91.0 Å². The topological polar surface area (TPSA) is 41.6 Å². The number of hydrogen-bond donors (Lipinski definition) is 1. The summed E-state index contributed by atoms with van der Waals surface area (Å²) in [5, 5.41) is 3.05. The monoisotopic (exact) mass is 212 g/mol. The summed E-state index contributed by atoms with van der Waals surface area (Å²) in [6, 6.07) is 0.845. The van der Waals surface area contributed by atoms with Gasteiger partial charge in [0.05, 0.1) is 12.6 Å². The molecule has 1 N–H and O–H groups in total. The van der Waals surface area contributed by atoms with Gasteiger partial charge < -0.3 is 15.0 Å². The van der Waals surface area contributed by atoms with Crippen LogP contribution in [0.4, 0.5) is 4.79 Å². The van der Waals surface area contributed by atoms with Gasteiger partial charge in [0.2, 0.25) is 0 Å². The number of amides is 2. The second-order valence-electron chi connectivity index (χ2n) is 4.43. The van der Waals surface area contributed by atoms with Gasteiger partial charge in [-0.1, -0.05) is 6.92 Å². The van der Waals surface area contributed by atoms with Gasteiger partial charge in [-0.25, -0.2) is 4.79 Å². The van der Waals surface area contributed by atoms with E-state index in [-0.39, 0.29) is 12.1 Å². The first-order chi connectivity index (χ1) is 7.31. The SMILES string of the molecule is CCCN(C(=O)NC1CCOC1)C1CC1. The van der Waals surface area contributed by atoms with Gasteiger partial charge >= 0.3 is 6.03 Å². The Morgan fingerprint density at radius 2 is 2.27 bits per heavy atom.